The molecule has 1 aliphatic heterocycles. The van der Waals surface area contributed by atoms with Crippen molar-refractivity contribution in [2.45, 2.75) is 45.2 Å². The van der Waals surface area contributed by atoms with Crippen molar-refractivity contribution in [3.05, 3.63) is 27.1 Å². The number of likely N-dealkylation sites (tertiary alicyclic amines) is 1. The quantitative estimate of drug-likeness (QED) is 0.922. The Bertz CT molecular complexity index is 681. The first-order valence-corrected chi connectivity index (χ1v) is 8.20. The summed E-state index contributed by atoms with van der Waals surface area (Å²) in [6.45, 7) is 3.65. The third-order valence-electron chi connectivity index (χ3n) is 3.96. The van der Waals surface area contributed by atoms with Crippen LogP contribution in [-0.2, 0) is 6.54 Å². The zero-order valence-electron chi connectivity index (χ0n) is 12.2. The fraction of sp³-hybridized carbons (Fsp3) is 0.643. The number of aryl methyl sites for hydroxylation is 1. The Morgan fingerprint density at radius 3 is 3.10 bits per heavy atom. The molecule has 0 aliphatic carbocycles. The normalized spacial score (nSPS) is 20.8. The van der Waals surface area contributed by atoms with E-state index in [0.717, 1.165) is 30.1 Å². The Kier molecular flexibility index (Phi) is 4.32. The highest BCUT2D eigenvalue weighted by Crippen LogP contribution is 2.21. The van der Waals surface area contributed by atoms with E-state index in [2.05, 4.69) is 15.0 Å². The SMILES string of the molecule is Cc1cc(=O)n2nc(CN3CCCCCC3CO)sc2n1. The number of aromatic nitrogens is 3. The van der Waals surface area contributed by atoms with Crippen LogP contribution >= 0.6 is 11.3 Å². The lowest BCUT2D eigenvalue weighted by Gasteiger charge is -2.27. The fourth-order valence-electron chi connectivity index (χ4n) is 2.85. The van der Waals surface area contributed by atoms with Gasteiger partial charge < -0.3 is 5.11 Å². The molecule has 0 aromatic carbocycles. The molecule has 1 N–H and O–H groups in total. The average molecular weight is 308 g/mol. The molecule has 6 nitrogen and oxygen atoms in total. The summed E-state index contributed by atoms with van der Waals surface area (Å²) >= 11 is 1.46. The minimum Gasteiger partial charge on any atom is -0.395 e. The predicted molar refractivity (Wildman–Crippen MR) is 81.6 cm³/mol. The third kappa shape index (κ3) is 3.14. The van der Waals surface area contributed by atoms with Gasteiger partial charge >= 0.3 is 0 Å². The molecule has 0 spiro atoms. The first-order valence-electron chi connectivity index (χ1n) is 7.38. The topological polar surface area (TPSA) is 70.7 Å². The van der Waals surface area contributed by atoms with Crippen LogP contribution in [0, 0.1) is 6.92 Å². The summed E-state index contributed by atoms with van der Waals surface area (Å²) in [6.07, 6.45) is 4.56. The highest BCUT2D eigenvalue weighted by atomic mass is 32.1. The highest BCUT2D eigenvalue weighted by molar-refractivity contribution is 7.16. The van der Waals surface area contributed by atoms with Crippen molar-refractivity contribution in [2.75, 3.05) is 13.2 Å². The molecule has 2 aromatic rings. The molecule has 1 aliphatic rings. The van der Waals surface area contributed by atoms with Crippen molar-refractivity contribution in [1.82, 2.24) is 19.5 Å². The molecule has 114 valence electrons. The van der Waals surface area contributed by atoms with Crippen LogP contribution in [-0.4, -0.2) is 43.8 Å². The maximum absolute atomic E-state index is 11.9. The molecule has 1 unspecified atom stereocenters. The highest BCUT2D eigenvalue weighted by Gasteiger charge is 2.22. The van der Waals surface area contributed by atoms with Gasteiger partial charge in [0.2, 0.25) is 4.96 Å². The van der Waals surface area contributed by atoms with E-state index in [1.54, 1.807) is 0 Å². The number of hydrogen-bond acceptors (Lipinski definition) is 6. The summed E-state index contributed by atoms with van der Waals surface area (Å²) in [5.41, 5.74) is 0.591. The van der Waals surface area contributed by atoms with Crippen LogP contribution in [0.15, 0.2) is 10.9 Å². The van der Waals surface area contributed by atoms with Crippen LogP contribution in [0.3, 0.4) is 0 Å². The fourth-order valence-corrected chi connectivity index (χ4v) is 3.82. The summed E-state index contributed by atoms with van der Waals surface area (Å²) in [5, 5.41) is 14.8. The minimum atomic E-state index is -0.130. The van der Waals surface area contributed by atoms with Gasteiger partial charge in [-0.05, 0) is 26.3 Å². The Labute approximate surface area is 127 Å². The lowest BCUT2D eigenvalue weighted by molar-refractivity contribution is 0.118. The van der Waals surface area contributed by atoms with Gasteiger partial charge in [0.25, 0.3) is 5.56 Å². The molecule has 1 atom stereocenters. The van der Waals surface area contributed by atoms with Crippen molar-refractivity contribution < 1.29 is 5.11 Å². The predicted octanol–water partition coefficient (Wildman–Crippen LogP) is 1.20. The number of fused-ring (bicyclic) bond motifs is 1. The number of nitrogens with zero attached hydrogens (tertiary/aromatic N) is 4. The molecule has 3 heterocycles. The number of rotatable bonds is 3. The monoisotopic (exact) mass is 308 g/mol. The van der Waals surface area contributed by atoms with E-state index in [1.165, 1.54) is 34.8 Å². The molecule has 21 heavy (non-hydrogen) atoms. The molecule has 7 heteroatoms. The number of aliphatic hydroxyl groups is 1. The second-order valence-electron chi connectivity index (χ2n) is 5.58. The minimum absolute atomic E-state index is 0.130. The van der Waals surface area contributed by atoms with Crippen molar-refractivity contribution in [3.63, 3.8) is 0 Å². The summed E-state index contributed by atoms with van der Waals surface area (Å²) in [7, 11) is 0. The average Bonchev–Trinajstić information content (AvgIpc) is 2.71. The van der Waals surface area contributed by atoms with Gasteiger partial charge in [-0.1, -0.05) is 24.2 Å². The second kappa shape index (κ2) is 6.21. The Hall–Kier alpha value is -1.31. The third-order valence-corrected chi connectivity index (χ3v) is 4.86. The Morgan fingerprint density at radius 1 is 1.43 bits per heavy atom. The van der Waals surface area contributed by atoms with Crippen molar-refractivity contribution in [2.24, 2.45) is 0 Å². The maximum Gasteiger partial charge on any atom is 0.275 e. The van der Waals surface area contributed by atoms with Crippen LogP contribution in [0.2, 0.25) is 0 Å². The molecule has 0 saturated carbocycles. The van der Waals surface area contributed by atoms with E-state index in [0.29, 0.717) is 11.5 Å². The lowest BCUT2D eigenvalue weighted by Crippen LogP contribution is -2.36. The van der Waals surface area contributed by atoms with Crippen LogP contribution < -0.4 is 5.56 Å². The van der Waals surface area contributed by atoms with E-state index in [1.807, 2.05) is 6.92 Å². The van der Waals surface area contributed by atoms with Gasteiger partial charge in [0.05, 0.1) is 13.2 Å². The van der Waals surface area contributed by atoms with Crippen LogP contribution in [0.25, 0.3) is 4.96 Å². The Morgan fingerprint density at radius 2 is 2.29 bits per heavy atom. The first kappa shape index (κ1) is 14.6. The largest absolute Gasteiger partial charge is 0.395 e. The van der Waals surface area contributed by atoms with Crippen molar-refractivity contribution in [1.29, 1.82) is 0 Å². The molecule has 2 aromatic heterocycles. The van der Waals surface area contributed by atoms with Crippen molar-refractivity contribution >= 4 is 16.3 Å². The van der Waals surface area contributed by atoms with Gasteiger partial charge in [-0.15, -0.1) is 0 Å². The summed E-state index contributed by atoms with van der Waals surface area (Å²) in [6, 6.07) is 1.70. The van der Waals surface area contributed by atoms with E-state index < -0.39 is 0 Å². The molecular formula is C14H20N4O2S. The summed E-state index contributed by atoms with van der Waals surface area (Å²) < 4.78 is 1.37. The van der Waals surface area contributed by atoms with Gasteiger partial charge in [-0.2, -0.15) is 9.61 Å². The van der Waals surface area contributed by atoms with Gasteiger partial charge in [-0.25, -0.2) is 4.98 Å². The van der Waals surface area contributed by atoms with Crippen LogP contribution in [0.5, 0.6) is 0 Å². The van der Waals surface area contributed by atoms with Crippen LogP contribution in [0.1, 0.15) is 36.4 Å². The van der Waals surface area contributed by atoms with E-state index in [4.69, 9.17) is 0 Å². The Balaban J connectivity index is 1.86. The second-order valence-corrected chi connectivity index (χ2v) is 6.62. The van der Waals surface area contributed by atoms with Gasteiger partial charge in [0.15, 0.2) is 0 Å². The lowest BCUT2D eigenvalue weighted by atomic mass is 10.1. The molecular weight excluding hydrogens is 288 g/mol. The first-order chi connectivity index (χ1) is 10.2. The summed E-state index contributed by atoms with van der Waals surface area (Å²) in [5.74, 6) is 0. The van der Waals surface area contributed by atoms with E-state index >= 15 is 0 Å². The van der Waals surface area contributed by atoms with E-state index in [-0.39, 0.29) is 18.2 Å². The molecule has 0 amide bonds. The zero-order valence-corrected chi connectivity index (χ0v) is 13.0. The standard InChI is InChI=1S/C14H20N4O2S/c1-10-7-13(20)18-14(15-10)21-12(16-18)8-17-6-4-2-3-5-11(17)9-19/h7,11,19H,2-6,8-9H2,1H3. The van der Waals surface area contributed by atoms with Gasteiger partial charge in [0.1, 0.15) is 5.01 Å². The molecule has 1 saturated heterocycles. The van der Waals surface area contributed by atoms with Gasteiger partial charge in [0, 0.05) is 17.8 Å². The van der Waals surface area contributed by atoms with Gasteiger partial charge in [-0.3, -0.25) is 9.69 Å². The molecule has 3 rings (SSSR count). The number of aliphatic hydroxyl groups excluding tert-OH is 1. The molecule has 0 radical (unpaired) electrons. The summed E-state index contributed by atoms with van der Waals surface area (Å²) in [4.78, 5) is 19.2. The molecule has 0 bridgehead atoms. The smallest absolute Gasteiger partial charge is 0.275 e. The number of hydrogen-bond donors (Lipinski definition) is 1. The zero-order chi connectivity index (χ0) is 14.8. The maximum atomic E-state index is 11.9. The van der Waals surface area contributed by atoms with Crippen molar-refractivity contribution in [3.8, 4) is 0 Å². The molecule has 1 fully saturated rings. The van der Waals surface area contributed by atoms with E-state index in [9.17, 15) is 9.90 Å². The van der Waals surface area contributed by atoms with Crippen LogP contribution in [0.4, 0.5) is 0 Å².